The van der Waals surface area contributed by atoms with Crippen LogP contribution in [0.2, 0.25) is 0 Å². The van der Waals surface area contributed by atoms with E-state index in [9.17, 15) is 13.2 Å². The Balaban J connectivity index is 2.00. The standard InChI is InChI=1S/C14H20N2O3S/c1-4-16(3)20(18,19)15-14(17)13-9-12(13)11-7-5-6-10(2)8-11/h5-8,12-13H,4,9H2,1-3H3,(H,15,17)/t12-,13+/m1/s1. The van der Waals surface area contributed by atoms with E-state index in [1.807, 2.05) is 31.2 Å². The number of carbonyl (C=O) groups excluding carboxylic acids is 1. The number of hydrogen-bond donors (Lipinski definition) is 1. The molecular formula is C14H20N2O3S. The second-order valence-electron chi connectivity index (χ2n) is 5.25. The minimum absolute atomic E-state index is 0.136. The molecule has 1 fully saturated rings. The molecule has 0 unspecified atom stereocenters. The smallest absolute Gasteiger partial charge is 0.274 e. The van der Waals surface area contributed by atoms with Crippen molar-refractivity contribution in [1.29, 1.82) is 0 Å². The Hall–Kier alpha value is -1.40. The lowest BCUT2D eigenvalue weighted by Gasteiger charge is -2.15. The predicted molar refractivity (Wildman–Crippen MR) is 77.4 cm³/mol. The van der Waals surface area contributed by atoms with Crippen LogP contribution in [0.25, 0.3) is 0 Å². The van der Waals surface area contributed by atoms with Crippen LogP contribution in [0.3, 0.4) is 0 Å². The molecule has 0 spiro atoms. The fraction of sp³-hybridized carbons (Fsp3) is 0.500. The number of nitrogens with zero attached hydrogens (tertiary/aromatic N) is 1. The largest absolute Gasteiger partial charge is 0.303 e. The first kappa shape index (κ1) is 15.0. The molecule has 1 N–H and O–H groups in total. The maximum Gasteiger partial charge on any atom is 0.303 e. The summed E-state index contributed by atoms with van der Waals surface area (Å²) < 4.78 is 26.9. The average Bonchev–Trinajstić information content (AvgIpc) is 3.17. The average molecular weight is 296 g/mol. The molecule has 0 saturated heterocycles. The van der Waals surface area contributed by atoms with E-state index in [0.717, 1.165) is 15.4 Å². The Morgan fingerprint density at radius 1 is 1.45 bits per heavy atom. The van der Waals surface area contributed by atoms with Gasteiger partial charge in [0.15, 0.2) is 0 Å². The van der Waals surface area contributed by atoms with Crippen molar-refractivity contribution in [1.82, 2.24) is 9.03 Å². The molecule has 1 aromatic rings. The number of rotatable bonds is 5. The van der Waals surface area contributed by atoms with Gasteiger partial charge < -0.3 is 0 Å². The molecule has 1 aliphatic carbocycles. The van der Waals surface area contributed by atoms with Gasteiger partial charge in [0.25, 0.3) is 0 Å². The highest BCUT2D eigenvalue weighted by Crippen LogP contribution is 2.47. The van der Waals surface area contributed by atoms with E-state index in [4.69, 9.17) is 0 Å². The van der Waals surface area contributed by atoms with Crippen molar-refractivity contribution >= 4 is 16.1 Å². The van der Waals surface area contributed by atoms with E-state index in [0.29, 0.717) is 13.0 Å². The third kappa shape index (κ3) is 3.19. The Morgan fingerprint density at radius 3 is 2.75 bits per heavy atom. The van der Waals surface area contributed by atoms with Crippen LogP contribution in [-0.2, 0) is 15.0 Å². The summed E-state index contributed by atoms with van der Waals surface area (Å²) in [5, 5.41) is 0. The molecule has 2 atom stereocenters. The first-order valence-electron chi connectivity index (χ1n) is 6.69. The second-order valence-corrected chi connectivity index (χ2v) is 7.03. The van der Waals surface area contributed by atoms with Crippen molar-refractivity contribution < 1.29 is 13.2 Å². The second kappa shape index (κ2) is 5.54. The third-order valence-corrected chi connectivity index (χ3v) is 5.22. The van der Waals surface area contributed by atoms with Gasteiger partial charge >= 0.3 is 10.2 Å². The summed E-state index contributed by atoms with van der Waals surface area (Å²) in [6, 6.07) is 7.99. The van der Waals surface area contributed by atoms with Gasteiger partial charge in [-0.25, -0.2) is 4.72 Å². The van der Waals surface area contributed by atoms with Gasteiger partial charge in [0, 0.05) is 19.5 Å². The van der Waals surface area contributed by atoms with Gasteiger partial charge in [0.05, 0.1) is 0 Å². The highest BCUT2D eigenvalue weighted by atomic mass is 32.2. The van der Waals surface area contributed by atoms with Crippen LogP contribution < -0.4 is 4.72 Å². The monoisotopic (exact) mass is 296 g/mol. The van der Waals surface area contributed by atoms with Crippen LogP contribution in [0.4, 0.5) is 0 Å². The van der Waals surface area contributed by atoms with Crippen molar-refractivity contribution in [3.05, 3.63) is 35.4 Å². The fourth-order valence-corrected chi connectivity index (χ4v) is 3.11. The van der Waals surface area contributed by atoms with Crippen molar-refractivity contribution in [2.75, 3.05) is 13.6 Å². The number of nitrogens with one attached hydrogen (secondary N) is 1. The topological polar surface area (TPSA) is 66.5 Å². The summed E-state index contributed by atoms with van der Waals surface area (Å²) in [6.07, 6.45) is 0.709. The minimum Gasteiger partial charge on any atom is -0.274 e. The summed E-state index contributed by atoms with van der Waals surface area (Å²) >= 11 is 0. The van der Waals surface area contributed by atoms with E-state index < -0.39 is 16.1 Å². The normalized spacial score (nSPS) is 21.8. The SMILES string of the molecule is CCN(C)S(=O)(=O)NC(=O)[C@H]1C[C@@H]1c1cccc(C)c1. The van der Waals surface area contributed by atoms with Crippen molar-refractivity contribution in [2.24, 2.45) is 5.92 Å². The van der Waals surface area contributed by atoms with Gasteiger partial charge in [-0.2, -0.15) is 12.7 Å². The van der Waals surface area contributed by atoms with Crippen LogP contribution in [0.15, 0.2) is 24.3 Å². The van der Waals surface area contributed by atoms with E-state index in [2.05, 4.69) is 4.72 Å². The predicted octanol–water partition coefficient (Wildman–Crippen LogP) is 1.41. The molecule has 0 heterocycles. The van der Waals surface area contributed by atoms with E-state index in [1.54, 1.807) is 6.92 Å². The van der Waals surface area contributed by atoms with Gasteiger partial charge in [0.1, 0.15) is 0 Å². The molecule has 0 aliphatic heterocycles. The van der Waals surface area contributed by atoms with Crippen molar-refractivity contribution in [3.8, 4) is 0 Å². The van der Waals surface area contributed by atoms with Gasteiger partial charge in [-0.15, -0.1) is 0 Å². The van der Waals surface area contributed by atoms with Crippen LogP contribution >= 0.6 is 0 Å². The quantitative estimate of drug-likeness (QED) is 0.893. The Labute approximate surface area is 120 Å². The zero-order valence-corrected chi connectivity index (χ0v) is 12.8. The van der Waals surface area contributed by atoms with Crippen molar-refractivity contribution in [2.45, 2.75) is 26.2 Å². The summed E-state index contributed by atoms with van der Waals surface area (Å²) in [5.41, 5.74) is 2.25. The molecular weight excluding hydrogens is 276 g/mol. The third-order valence-electron chi connectivity index (χ3n) is 3.68. The number of benzene rings is 1. The van der Waals surface area contributed by atoms with E-state index >= 15 is 0 Å². The lowest BCUT2D eigenvalue weighted by atomic mass is 10.1. The Kier molecular flexibility index (Phi) is 4.15. The number of hydrogen-bond acceptors (Lipinski definition) is 3. The summed E-state index contributed by atoms with van der Waals surface area (Å²) in [7, 11) is -2.25. The molecule has 0 radical (unpaired) electrons. The molecule has 110 valence electrons. The highest BCUT2D eigenvalue weighted by molar-refractivity contribution is 7.87. The maximum atomic E-state index is 12.0. The van der Waals surface area contributed by atoms with Crippen LogP contribution in [0, 0.1) is 12.8 Å². The van der Waals surface area contributed by atoms with Gasteiger partial charge in [-0.1, -0.05) is 36.8 Å². The number of aryl methyl sites for hydroxylation is 1. The first-order chi connectivity index (χ1) is 9.35. The molecule has 0 aromatic heterocycles. The zero-order chi connectivity index (χ0) is 14.9. The van der Waals surface area contributed by atoms with Gasteiger partial charge in [0.2, 0.25) is 5.91 Å². The van der Waals surface area contributed by atoms with Crippen LogP contribution in [-0.4, -0.2) is 32.2 Å². The van der Waals surface area contributed by atoms with Crippen molar-refractivity contribution in [3.63, 3.8) is 0 Å². The Morgan fingerprint density at radius 2 is 2.15 bits per heavy atom. The summed E-state index contributed by atoms with van der Waals surface area (Å²) in [6.45, 7) is 4.05. The minimum atomic E-state index is -3.69. The van der Waals surface area contributed by atoms with Gasteiger partial charge in [-0.3, -0.25) is 4.79 Å². The number of amides is 1. The van der Waals surface area contributed by atoms with Crippen LogP contribution in [0.5, 0.6) is 0 Å². The van der Waals surface area contributed by atoms with E-state index in [-0.39, 0.29) is 11.8 Å². The highest BCUT2D eigenvalue weighted by Gasteiger charge is 2.45. The zero-order valence-electron chi connectivity index (χ0n) is 12.0. The first-order valence-corrected chi connectivity index (χ1v) is 8.13. The molecule has 0 bridgehead atoms. The summed E-state index contributed by atoms with van der Waals surface area (Å²) in [4.78, 5) is 12.0. The molecule has 1 amide bonds. The van der Waals surface area contributed by atoms with Crippen LogP contribution in [0.1, 0.15) is 30.4 Å². The van der Waals surface area contributed by atoms with Gasteiger partial charge in [-0.05, 0) is 24.8 Å². The molecule has 20 heavy (non-hydrogen) atoms. The molecule has 1 saturated carbocycles. The summed E-state index contributed by atoms with van der Waals surface area (Å²) in [5.74, 6) is -0.509. The number of carbonyl (C=O) groups is 1. The molecule has 2 rings (SSSR count). The lowest BCUT2D eigenvalue weighted by molar-refractivity contribution is -0.120. The molecule has 6 heteroatoms. The molecule has 5 nitrogen and oxygen atoms in total. The molecule has 1 aliphatic rings. The molecule has 1 aromatic carbocycles. The fourth-order valence-electron chi connectivity index (χ4n) is 2.20. The maximum absolute atomic E-state index is 12.0. The lowest BCUT2D eigenvalue weighted by Crippen LogP contribution is -2.42. The Bertz CT molecular complexity index is 613. The van der Waals surface area contributed by atoms with E-state index in [1.165, 1.54) is 7.05 Å².